The maximum absolute atomic E-state index is 12.2. The highest BCUT2D eigenvalue weighted by molar-refractivity contribution is 5.89. The minimum Gasteiger partial charge on any atom is -0.496 e. The fourth-order valence-electron chi connectivity index (χ4n) is 4.32. The van der Waals surface area contributed by atoms with Gasteiger partial charge in [-0.1, -0.05) is 19.9 Å². The SMILES string of the molecule is CCN(CC)CC[C@H](c1ccc2c(c1)OCO2)c1c(OC)cc(OC)c2ccc(=O)oc12. The van der Waals surface area contributed by atoms with Crippen molar-refractivity contribution in [2.75, 3.05) is 40.6 Å². The van der Waals surface area contributed by atoms with E-state index in [1.807, 2.05) is 24.3 Å². The van der Waals surface area contributed by atoms with Crippen LogP contribution in [0.15, 0.2) is 45.6 Å². The highest BCUT2D eigenvalue weighted by atomic mass is 16.7. The zero-order valence-corrected chi connectivity index (χ0v) is 19.0. The lowest BCUT2D eigenvalue weighted by atomic mass is 9.86. The molecule has 1 aliphatic rings. The quantitative estimate of drug-likeness (QED) is 0.458. The van der Waals surface area contributed by atoms with Crippen LogP contribution < -0.4 is 24.6 Å². The van der Waals surface area contributed by atoms with E-state index in [9.17, 15) is 4.79 Å². The first kappa shape index (κ1) is 22.0. The molecule has 0 amide bonds. The summed E-state index contributed by atoms with van der Waals surface area (Å²) in [6, 6.07) is 11.0. The van der Waals surface area contributed by atoms with E-state index in [4.69, 9.17) is 23.4 Å². The molecule has 170 valence electrons. The number of benzene rings is 2. The third kappa shape index (κ3) is 4.12. The number of fused-ring (bicyclic) bond motifs is 2. The normalized spacial score (nSPS) is 13.5. The van der Waals surface area contributed by atoms with Crippen molar-refractivity contribution in [3.63, 3.8) is 0 Å². The molecule has 1 aliphatic heterocycles. The summed E-state index contributed by atoms with van der Waals surface area (Å²) in [7, 11) is 3.21. The molecule has 32 heavy (non-hydrogen) atoms. The van der Waals surface area contributed by atoms with Gasteiger partial charge in [0.2, 0.25) is 6.79 Å². The summed E-state index contributed by atoms with van der Waals surface area (Å²) in [6.45, 7) is 7.31. The predicted octanol–water partition coefficient (Wildman–Crippen LogP) is 4.40. The molecule has 2 aromatic carbocycles. The van der Waals surface area contributed by atoms with E-state index in [0.717, 1.165) is 48.3 Å². The van der Waals surface area contributed by atoms with Crippen LogP contribution in [0.3, 0.4) is 0 Å². The Morgan fingerprint density at radius 2 is 1.72 bits per heavy atom. The van der Waals surface area contributed by atoms with Crippen LogP contribution in [0, 0.1) is 0 Å². The molecule has 0 N–H and O–H groups in total. The average molecular weight is 440 g/mol. The molecule has 0 bridgehead atoms. The van der Waals surface area contributed by atoms with Gasteiger partial charge in [0, 0.05) is 23.6 Å². The number of hydrogen-bond acceptors (Lipinski definition) is 7. The Bertz CT molecular complexity index is 1150. The predicted molar refractivity (Wildman–Crippen MR) is 122 cm³/mol. The molecule has 0 saturated heterocycles. The Morgan fingerprint density at radius 3 is 2.44 bits per heavy atom. The molecule has 7 heteroatoms. The van der Waals surface area contributed by atoms with Gasteiger partial charge in [0.05, 0.1) is 19.6 Å². The molecule has 0 radical (unpaired) electrons. The molecule has 0 fully saturated rings. The fraction of sp³-hybridized carbons (Fsp3) is 0.400. The van der Waals surface area contributed by atoms with Gasteiger partial charge in [-0.15, -0.1) is 0 Å². The zero-order chi connectivity index (χ0) is 22.7. The maximum atomic E-state index is 12.2. The fourth-order valence-corrected chi connectivity index (χ4v) is 4.32. The van der Waals surface area contributed by atoms with Gasteiger partial charge in [-0.05, 0) is 49.8 Å². The van der Waals surface area contributed by atoms with Crippen LogP contribution in [0.5, 0.6) is 23.0 Å². The van der Waals surface area contributed by atoms with Crippen LogP contribution in [0.1, 0.15) is 37.3 Å². The standard InChI is InChI=1S/C25H29NO6/c1-5-26(6-2)12-11-17(16-7-9-19-21(13-16)31-15-30-19)24-22(29-4)14-20(28-3)18-8-10-23(27)32-25(18)24/h7-10,13-14,17H,5-6,11-12,15H2,1-4H3/t17-/m1/s1. The Morgan fingerprint density at radius 1 is 0.969 bits per heavy atom. The molecule has 0 unspecified atom stereocenters. The molecule has 0 aliphatic carbocycles. The smallest absolute Gasteiger partial charge is 0.336 e. The van der Waals surface area contributed by atoms with Gasteiger partial charge >= 0.3 is 5.63 Å². The monoisotopic (exact) mass is 439 g/mol. The van der Waals surface area contributed by atoms with Crippen molar-refractivity contribution in [1.82, 2.24) is 4.90 Å². The van der Waals surface area contributed by atoms with Crippen LogP contribution in [0.2, 0.25) is 0 Å². The molecule has 3 aromatic rings. The van der Waals surface area contributed by atoms with E-state index in [0.29, 0.717) is 22.8 Å². The summed E-state index contributed by atoms with van der Waals surface area (Å²) in [4.78, 5) is 14.6. The number of rotatable bonds is 9. The maximum Gasteiger partial charge on any atom is 0.336 e. The zero-order valence-electron chi connectivity index (χ0n) is 19.0. The van der Waals surface area contributed by atoms with Crippen molar-refractivity contribution in [1.29, 1.82) is 0 Å². The second-order valence-corrected chi connectivity index (χ2v) is 7.67. The molecule has 2 heterocycles. The first-order valence-corrected chi connectivity index (χ1v) is 10.9. The second kappa shape index (κ2) is 9.53. The third-order valence-corrected chi connectivity index (χ3v) is 6.09. The number of ether oxygens (including phenoxy) is 4. The van der Waals surface area contributed by atoms with Crippen molar-refractivity contribution in [3.05, 3.63) is 57.9 Å². The van der Waals surface area contributed by atoms with Gasteiger partial charge < -0.3 is 28.3 Å². The summed E-state index contributed by atoms with van der Waals surface area (Å²) >= 11 is 0. The van der Waals surface area contributed by atoms with Gasteiger partial charge in [0.15, 0.2) is 11.5 Å². The largest absolute Gasteiger partial charge is 0.496 e. The van der Waals surface area contributed by atoms with Crippen LogP contribution in [0.25, 0.3) is 11.0 Å². The lowest BCUT2D eigenvalue weighted by molar-refractivity contribution is 0.174. The van der Waals surface area contributed by atoms with Gasteiger partial charge in [-0.3, -0.25) is 0 Å². The van der Waals surface area contributed by atoms with E-state index < -0.39 is 5.63 Å². The first-order chi connectivity index (χ1) is 15.6. The minimum atomic E-state index is -0.415. The second-order valence-electron chi connectivity index (χ2n) is 7.67. The summed E-state index contributed by atoms with van der Waals surface area (Å²) in [6.07, 6.45) is 0.803. The van der Waals surface area contributed by atoms with Crippen molar-refractivity contribution in [2.45, 2.75) is 26.2 Å². The highest BCUT2D eigenvalue weighted by Crippen LogP contribution is 2.45. The van der Waals surface area contributed by atoms with Gasteiger partial charge in [0.1, 0.15) is 17.1 Å². The van der Waals surface area contributed by atoms with Crippen molar-refractivity contribution < 1.29 is 23.4 Å². The molecule has 7 nitrogen and oxygen atoms in total. The summed E-state index contributed by atoms with van der Waals surface area (Å²) < 4.78 is 28.2. The van der Waals surface area contributed by atoms with Crippen LogP contribution in [0.4, 0.5) is 0 Å². The average Bonchev–Trinajstić information content (AvgIpc) is 3.29. The molecular weight excluding hydrogens is 410 g/mol. The van der Waals surface area contributed by atoms with Gasteiger partial charge in [-0.2, -0.15) is 0 Å². The molecule has 0 spiro atoms. The van der Waals surface area contributed by atoms with Crippen molar-refractivity contribution in [2.24, 2.45) is 0 Å². The number of methoxy groups -OCH3 is 2. The summed E-state index contributed by atoms with van der Waals surface area (Å²) in [5.41, 5.74) is 1.93. The van der Waals surface area contributed by atoms with E-state index in [-0.39, 0.29) is 12.7 Å². The minimum absolute atomic E-state index is 0.0981. The molecule has 4 rings (SSSR count). The molecule has 1 atom stereocenters. The number of hydrogen-bond donors (Lipinski definition) is 0. The molecule has 1 aromatic heterocycles. The van der Waals surface area contributed by atoms with Crippen LogP contribution in [-0.4, -0.2) is 45.5 Å². The Labute approximate surface area is 187 Å². The van der Waals surface area contributed by atoms with Crippen molar-refractivity contribution >= 4 is 11.0 Å². The summed E-state index contributed by atoms with van der Waals surface area (Å²) in [5.74, 6) is 2.56. The van der Waals surface area contributed by atoms with Gasteiger partial charge in [0.25, 0.3) is 0 Å². The Kier molecular flexibility index (Phi) is 6.55. The number of nitrogens with zero attached hydrogens (tertiary/aromatic N) is 1. The Balaban J connectivity index is 1.92. The highest BCUT2D eigenvalue weighted by Gasteiger charge is 2.27. The van der Waals surface area contributed by atoms with E-state index in [2.05, 4.69) is 18.7 Å². The lowest BCUT2D eigenvalue weighted by Gasteiger charge is -2.26. The van der Waals surface area contributed by atoms with Gasteiger partial charge in [-0.25, -0.2) is 4.79 Å². The first-order valence-electron chi connectivity index (χ1n) is 10.9. The molecule has 0 saturated carbocycles. The third-order valence-electron chi connectivity index (χ3n) is 6.09. The van der Waals surface area contributed by atoms with Crippen molar-refractivity contribution in [3.8, 4) is 23.0 Å². The lowest BCUT2D eigenvalue weighted by Crippen LogP contribution is -2.25. The van der Waals surface area contributed by atoms with Crippen LogP contribution in [-0.2, 0) is 0 Å². The Hall–Kier alpha value is -3.19. The van der Waals surface area contributed by atoms with E-state index in [1.54, 1.807) is 20.3 Å². The van der Waals surface area contributed by atoms with E-state index in [1.165, 1.54) is 6.07 Å². The topological polar surface area (TPSA) is 70.4 Å². The molecular formula is C25H29NO6. The van der Waals surface area contributed by atoms with E-state index >= 15 is 0 Å². The van der Waals surface area contributed by atoms with Crippen LogP contribution >= 0.6 is 0 Å². The summed E-state index contributed by atoms with van der Waals surface area (Å²) in [5, 5.41) is 0.733.